The van der Waals surface area contributed by atoms with Crippen LogP contribution in [0.15, 0.2) is 128 Å². The van der Waals surface area contributed by atoms with Gasteiger partial charge in [0.1, 0.15) is 29.8 Å². The zero-order chi connectivity index (χ0) is 31.5. The van der Waals surface area contributed by atoms with Gasteiger partial charge in [-0.2, -0.15) is 0 Å². The van der Waals surface area contributed by atoms with Gasteiger partial charge in [0.05, 0.1) is 28.1 Å². The maximum atomic E-state index is 15.0. The molecule has 0 unspecified atom stereocenters. The number of aromatic nitrogens is 2. The van der Waals surface area contributed by atoms with Crippen molar-refractivity contribution in [1.82, 2.24) is 9.55 Å². The van der Waals surface area contributed by atoms with Gasteiger partial charge >= 0.3 is 0 Å². The Morgan fingerprint density at radius 3 is 2.21 bits per heavy atom. The summed E-state index contributed by atoms with van der Waals surface area (Å²) in [7, 11) is 0. The fourth-order valence-electron chi connectivity index (χ4n) is 7.15. The molecule has 0 radical (unpaired) electrons. The third-order valence-corrected chi connectivity index (χ3v) is 9.70. The molecule has 0 atom stereocenters. The van der Waals surface area contributed by atoms with Crippen LogP contribution in [0.3, 0.4) is 0 Å². The second-order valence-electron chi connectivity index (χ2n) is 12.7. The number of benzene rings is 5. The molecule has 47 heavy (non-hydrogen) atoms. The van der Waals surface area contributed by atoms with Crippen LogP contribution < -0.4 is 14.5 Å². The molecule has 5 aromatic carbocycles. The first-order chi connectivity index (χ1) is 23.1. The van der Waals surface area contributed by atoms with Gasteiger partial charge in [-0.15, -0.1) is 0 Å². The van der Waals surface area contributed by atoms with Gasteiger partial charge in [-0.3, -0.25) is 4.57 Å². The molecule has 1 fully saturated rings. The van der Waals surface area contributed by atoms with E-state index in [9.17, 15) is 0 Å². The second-order valence-corrected chi connectivity index (χ2v) is 12.7. The minimum Gasteiger partial charge on any atom is -0.457 e. The van der Waals surface area contributed by atoms with Crippen molar-refractivity contribution in [2.45, 2.75) is 32.1 Å². The quantitative estimate of drug-likeness (QED) is 0.186. The van der Waals surface area contributed by atoms with Crippen LogP contribution in [0.25, 0.3) is 27.6 Å². The molecule has 230 valence electrons. The van der Waals surface area contributed by atoms with E-state index < -0.39 is 0 Å². The monoisotopic (exact) mass is 616 g/mol. The van der Waals surface area contributed by atoms with E-state index in [1.807, 2.05) is 41.4 Å². The highest BCUT2D eigenvalue weighted by Crippen LogP contribution is 2.47. The fourth-order valence-corrected chi connectivity index (χ4v) is 7.15. The standard InChI is InChI=1S/C41H33FN4O/c1-27-19-20-43-41(21-27)46-36-13-4-2-11-33(36)34-18-17-31(25-40(34)46)47-32-23-29(28-9-8-10-28)22-30(24-32)44-26-45(37-14-5-3-12-35(37)42)39-16-7-6-15-38(39)44/h2-7,11-25,28H,8-10,26H2,1H3. The summed E-state index contributed by atoms with van der Waals surface area (Å²) in [4.78, 5) is 9.05. The van der Waals surface area contributed by atoms with Crippen LogP contribution in [0.2, 0.25) is 0 Å². The van der Waals surface area contributed by atoms with Crippen LogP contribution in [0.5, 0.6) is 11.5 Å². The van der Waals surface area contributed by atoms with Crippen molar-refractivity contribution in [1.29, 1.82) is 0 Å². The van der Waals surface area contributed by atoms with E-state index in [1.165, 1.54) is 36.3 Å². The predicted molar refractivity (Wildman–Crippen MR) is 188 cm³/mol. The number of anilines is 4. The van der Waals surface area contributed by atoms with Crippen molar-refractivity contribution in [3.8, 4) is 17.3 Å². The second kappa shape index (κ2) is 11.0. The smallest absolute Gasteiger partial charge is 0.146 e. The highest BCUT2D eigenvalue weighted by molar-refractivity contribution is 6.09. The van der Waals surface area contributed by atoms with Gasteiger partial charge in [0, 0.05) is 34.8 Å². The maximum absolute atomic E-state index is 15.0. The lowest BCUT2D eigenvalue weighted by atomic mass is 9.80. The molecule has 0 bridgehead atoms. The van der Waals surface area contributed by atoms with E-state index in [2.05, 4.69) is 95.3 Å². The lowest BCUT2D eigenvalue weighted by Gasteiger charge is -2.28. The van der Waals surface area contributed by atoms with Crippen molar-refractivity contribution in [2.75, 3.05) is 16.5 Å². The summed E-state index contributed by atoms with van der Waals surface area (Å²) in [6, 6.07) is 40.8. The van der Waals surface area contributed by atoms with Gasteiger partial charge in [0.25, 0.3) is 0 Å². The molecule has 3 heterocycles. The van der Waals surface area contributed by atoms with E-state index in [-0.39, 0.29) is 5.82 Å². The van der Waals surface area contributed by atoms with Gasteiger partial charge in [0.2, 0.25) is 0 Å². The molecule has 1 aliphatic carbocycles. The molecule has 0 saturated heterocycles. The molecule has 1 aliphatic heterocycles. The van der Waals surface area contributed by atoms with Gasteiger partial charge in [0.15, 0.2) is 0 Å². The van der Waals surface area contributed by atoms with Crippen LogP contribution in [-0.2, 0) is 0 Å². The number of halogens is 1. The Balaban J connectivity index is 1.14. The Kier molecular flexibility index (Phi) is 6.49. The average Bonchev–Trinajstić information content (AvgIpc) is 3.60. The molecule has 0 N–H and O–H groups in total. The van der Waals surface area contributed by atoms with Crippen LogP contribution in [0.4, 0.5) is 27.1 Å². The first-order valence-corrected chi connectivity index (χ1v) is 16.3. The number of pyridine rings is 1. The summed E-state index contributed by atoms with van der Waals surface area (Å²) in [6.07, 6.45) is 5.46. The summed E-state index contributed by atoms with van der Waals surface area (Å²) in [5.74, 6) is 2.72. The van der Waals surface area contributed by atoms with E-state index in [4.69, 9.17) is 9.72 Å². The Labute approximate surface area is 273 Å². The fraction of sp³-hybridized carbons (Fsp3) is 0.146. The van der Waals surface area contributed by atoms with Gasteiger partial charge in [-0.25, -0.2) is 9.37 Å². The Bertz CT molecular complexity index is 2310. The summed E-state index contributed by atoms with van der Waals surface area (Å²) in [5.41, 5.74) is 8.23. The number of fused-ring (bicyclic) bond motifs is 4. The van der Waals surface area contributed by atoms with E-state index in [0.717, 1.165) is 56.4 Å². The van der Waals surface area contributed by atoms with Crippen molar-refractivity contribution in [2.24, 2.45) is 0 Å². The van der Waals surface area contributed by atoms with Crippen molar-refractivity contribution < 1.29 is 9.13 Å². The van der Waals surface area contributed by atoms with Crippen LogP contribution in [-0.4, -0.2) is 16.2 Å². The van der Waals surface area contributed by atoms with Gasteiger partial charge in [-0.05, 0) is 104 Å². The normalized spacial score (nSPS) is 14.5. The van der Waals surface area contributed by atoms with E-state index in [0.29, 0.717) is 18.3 Å². The first-order valence-electron chi connectivity index (χ1n) is 16.3. The Hall–Kier alpha value is -5.62. The third-order valence-electron chi connectivity index (χ3n) is 9.70. The molecular formula is C41H33FN4O. The Morgan fingerprint density at radius 2 is 1.43 bits per heavy atom. The number of ether oxygens (including phenoxy) is 1. The highest BCUT2D eigenvalue weighted by atomic mass is 19.1. The lowest BCUT2D eigenvalue weighted by Crippen LogP contribution is -2.25. The maximum Gasteiger partial charge on any atom is 0.146 e. The summed E-state index contributed by atoms with van der Waals surface area (Å²) in [5, 5.41) is 2.33. The largest absolute Gasteiger partial charge is 0.457 e. The topological polar surface area (TPSA) is 33.5 Å². The first kappa shape index (κ1) is 27.7. The molecule has 5 nitrogen and oxygen atoms in total. The zero-order valence-corrected chi connectivity index (χ0v) is 26.1. The predicted octanol–water partition coefficient (Wildman–Crippen LogP) is 10.9. The average molecular weight is 617 g/mol. The van der Waals surface area contributed by atoms with Crippen LogP contribution >= 0.6 is 0 Å². The molecular weight excluding hydrogens is 583 g/mol. The van der Waals surface area contributed by atoms with Crippen molar-refractivity contribution in [3.63, 3.8) is 0 Å². The molecule has 0 spiro atoms. The molecule has 6 heteroatoms. The summed E-state index contributed by atoms with van der Waals surface area (Å²) < 4.78 is 24.0. The molecule has 9 rings (SSSR count). The number of nitrogens with zero attached hydrogens (tertiary/aromatic N) is 4. The number of hydrogen-bond acceptors (Lipinski definition) is 4. The minimum atomic E-state index is -0.231. The van der Waals surface area contributed by atoms with Crippen LogP contribution in [0, 0.1) is 12.7 Å². The summed E-state index contributed by atoms with van der Waals surface area (Å²) >= 11 is 0. The van der Waals surface area contributed by atoms with Gasteiger partial charge < -0.3 is 14.5 Å². The number of hydrogen-bond donors (Lipinski definition) is 0. The molecule has 2 aliphatic rings. The Morgan fingerprint density at radius 1 is 0.681 bits per heavy atom. The molecule has 0 amide bonds. The summed E-state index contributed by atoms with van der Waals surface area (Å²) in [6.45, 7) is 2.60. The van der Waals surface area contributed by atoms with Crippen LogP contribution in [0.1, 0.15) is 36.3 Å². The highest BCUT2D eigenvalue weighted by Gasteiger charge is 2.30. The third kappa shape index (κ3) is 4.71. The van der Waals surface area contributed by atoms with Gasteiger partial charge in [-0.1, -0.05) is 48.9 Å². The number of para-hydroxylation sites is 4. The van der Waals surface area contributed by atoms with Crippen molar-refractivity contribution in [3.05, 3.63) is 144 Å². The minimum absolute atomic E-state index is 0.231. The SMILES string of the molecule is Cc1ccnc(-n2c3ccccc3c3ccc(Oc4cc(C5CCC5)cc(N5CN(c6ccccc6F)c6ccccc65)c4)cc32)c1. The molecule has 7 aromatic rings. The zero-order valence-electron chi connectivity index (χ0n) is 26.1. The van der Waals surface area contributed by atoms with E-state index in [1.54, 1.807) is 6.07 Å². The van der Waals surface area contributed by atoms with Crippen molar-refractivity contribution >= 4 is 44.6 Å². The lowest BCUT2D eigenvalue weighted by molar-refractivity contribution is 0.416. The van der Waals surface area contributed by atoms with E-state index >= 15 is 4.39 Å². The number of aryl methyl sites for hydroxylation is 1. The number of rotatable bonds is 6. The molecule has 2 aromatic heterocycles. The molecule has 1 saturated carbocycles.